The predicted molar refractivity (Wildman–Crippen MR) is 72.3 cm³/mol. The van der Waals surface area contributed by atoms with Crippen molar-refractivity contribution >= 4 is 9.84 Å². The van der Waals surface area contributed by atoms with Gasteiger partial charge in [0.05, 0.1) is 20.0 Å². The van der Waals surface area contributed by atoms with Crippen LogP contribution in [0.25, 0.3) is 0 Å². The van der Waals surface area contributed by atoms with Crippen molar-refractivity contribution < 1.29 is 28.1 Å². The molecule has 0 unspecified atom stereocenters. The molecule has 0 aliphatic heterocycles. The standard InChI is InChI=1S/C12H19NO6S/c1-4-20(16,17)11-6-9(18-2)8(5-10(11)19-3)7-12(13,14)15/h5-6,14-15H,4,7,13H2,1-3H3. The normalized spacial score (nSPS) is 12.3. The van der Waals surface area contributed by atoms with Gasteiger partial charge in [0, 0.05) is 18.1 Å². The first-order valence-corrected chi connectivity index (χ1v) is 7.51. The molecule has 0 aliphatic carbocycles. The van der Waals surface area contributed by atoms with E-state index in [1.165, 1.54) is 33.3 Å². The SMILES string of the molecule is CCS(=O)(=O)c1cc(OC)c(CC(N)(O)O)cc1OC. The van der Waals surface area contributed by atoms with E-state index in [9.17, 15) is 18.6 Å². The van der Waals surface area contributed by atoms with Crippen LogP contribution in [-0.2, 0) is 16.3 Å². The maximum Gasteiger partial charge on any atom is 0.224 e. The zero-order valence-corrected chi connectivity index (χ0v) is 12.4. The summed E-state index contributed by atoms with van der Waals surface area (Å²) in [5, 5.41) is 18.5. The second kappa shape index (κ2) is 5.96. The van der Waals surface area contributed by atoms with Crippen LogP contribution in [0.3, 0.4) is 0 Å². The molecule has 8 heteroatoms. The Balaban J connectivity index is 3.46. The van der Waals surface area contributed by atoms with Gasteiger partial charge in [-0.15, -0.1) is 0 Å². The maximum atomic E-state index is 12.0. The third kappa shape index (κ3) is 3.83. The van der Waals surface area contributed by atoms with Gasteiger partial charge in [-0.3, -0.25) is 5.73 Å². The van der Waals surface area contributed by atoms with Gasteiger partial charge < -0.3 is 19.7 Å². The van der Waals surface area contributed by atoms with E-state index in [0.29, 0.717) is 5.56 Å². The Kier molecular flexibility index (Phi) is 4.98. The van der Waals surface area contributed by atoms with Crippen LogP contribution in [0.1, 0.15) is 12.5 Å². The largest absolute Gasteiger partial charge is 0.496 e. The third-order valence-electron chi connectivity index (χ3n) is 2.73. The van der Waals surface area contributed by atoms with Crippen molar-refractivity contribution in [2.75, 3.05) is 20.0 Å². The van der Waals surface area contributed by atoms with Crippen LogP contribution in [-0.4, -0.2) is 44.5 Å². The summed E-state index contributed by atoms with van der Waals surface area (Å²) < 4.78 is 34.1. The van der Waals surface area contributed by atoms with Crippen molar-refractivity contribution in [2.45, 2.75) is 24.2 Å². The summed E-state index contributed by atoms with van der Waals surface area (Å²) in [5.74, 6) is -2.22. The highest BCUT2D eigenvalue weighted by atomic mass is 32.2. The fraction of sp³-hybridized carbons (Fsp3) is 0.500. The lowest BCUT2D eigenvalue weighted by Crippen LogP contribution is -2.41. The molecule has 0 amide bonds. The van der Waals surface area contributed by atoms with Gasteiger partial charge in [0.2, 0.25) is 5.91 Å². The van der Waals surface area contributed by atoms with Crippen molar-refractivity contribution in [3.8, 4) is 11.5 Å². The van der Waals surface area contributed by atoms with Crippen molar-refractivity contribution in [1.82, 2.24) is 0 Å². The molecular weight excluding hydrogens is 286 g/mol. The number of ether oxygens (including phenoxy) is 2. The smallest absolute Gasteiger partial charge is 0.224 e. The molecule has 7 nitrogen and oxygen atoms in total. The minimum atomic E-state index is -3.50. The fourth-order valence-corrected chi connectivity index (χ4v) is 2.80. The van der Waals surface area contributed by atoms with E-state index in [0.717, 1.165) is 0 Å². The molecule has 1 aromatic carbocycles. The predicted octanol–water partition coefficient (Wildman–Crippen LogP) is -0.363. The van der Waals surface area contributed by atoms with E-state index in [1.54, 1.807) is 0 Å². The highest BCUT2D eigenvalue weighted by molar-refractivity contribution is 7.91. The number of nitrogens with two attached hydrogens (primary N) is 1. The second-order valence-electron chi connectivity index (χ2n) is 4.27. The zero-order valence-electron chi connectivity index (χ0n) is 11.6. The number of methoxy groups -OCH3 is 2. The lowest BCUT2D eigenvalue weighted by atomic mass is 10.1. The zero-order chi connectivity index (χ0) is 15.6. The maximum absolute atomic E-state index is 12.0. The average Bonchev–Trinajstić information content (AvgIpc) is 2.36. The number of benzene rings is 1. The van der Waals surface area contributed by atoms with E-state index >= 15 is 0 Å². The van der Waals surface area contributed by atoms with Gasteiger partial charge in [-0.2, -0.15) is 0 Å². The minimum Gasteiger partial charge on any atom is -0.496 e. The monoisotopic (exact) mass is 305 g/mol. The summed E-state index contributed by atoms with van der Waals surface area (Å²) in [7, 11) is -0.820. The van der Waals surface area contributed by atoms with E-state index in [2.05, 4.69) is 0 Å². The number of aliphatic hydroxyl groups is 2. The first-order chi connectivity index (χ1) is 9.14. The Morgan fingerprint density at radius 1 is 1.20 bits per heavy atom. The molecule has 0 heterocycles. The van der Waals surface area contributed by atoms with Crippen LogP contribution in [0.15, 0.2) is 17.0 Å². The average molecular weight is 305 g/mol. The van der Waals surface area contributed by atoms with Gasteiger partial charge in [0.15, 0.2) is 9.84 Å². The lowest BCUT2D eigenvalue weighted by molar-refractivity contribution is -0.153. The number of sulfone groups is 1. The summed E-state index contributed by atoms with van der Waals surface area (Å²) in [6, 6.07) is 2.66. The summed E-state index contributed by atoms with van der Waals surface area (Å²) >= 11 is 0. The molecular formula is C12H19NO6S. The molecule has 0 saturated carbocycles. The van der Waals surface area contributed by atoms with Gasteiger partial charge in [-0.25, -0.2) is 8.42 Å². The summed E-state index contributed by atoms with van der Waals surface area (Å²) in [6.07, 6.45) is -0.334. The van der Waals surface area contributed by atoms with Crippen molar-refractivity contribution in [1.29, 1.82) is 0 Å². The summed E-state index contributed by atoms with van der Waals surface area (Å²) in [5.41, 5.74) is 5.45. The second-order valence-corrected chi connectivity index (χ2v) is 6.52. The molecule has 114 valence electrons. The number of hydrogen-bond acceptors (Lipinski definition) is 7. The quantitative estimate of drug-likeness (QED) is 0.614. The molecule has 20 heavy (non-hydrogen) atoms. The van der Waals surface area contributed by atoms with Gasteiger partial charge in [-0.05, 0) is 6.07 Å². The molecule has 0 radical (unpaired) electrons. The van der Waals surface area contributed by atoms with Crippen LogP contribution in [0.4, 0.5) is 0 Å². The highest BCUT2D eigenvalue weighted by Gasteiger charge is 2.25. The molecule has 1 rings (SSSR count). The van der Waals surface area contributed by atoms with Gasteiger partial charge in [0.25, 0.3) is 0 Å². The molecule has 4 N–H and O–H groups in total. The molecule has 0 spiro atoms. The number of rotatable bonds is 6. The van der Waals surface area contributed by atoms with Crippen molar-refractivity contribution in [2.24, 2.45) is 5.73 Å². The molecule has 0 atom stereocenters. The first-order valence-electron chi connectivity index (χ1n) is 5.86. The van der Waals surface area contributed by atoms with Crippen LogP contribution in [0.2, 0.25) is 0 Å². The van der Waals surface area contributed by atoms with Crippen LogP contribution in [0, 0.1) is 0 Å². The molecule has 1 aromatic rings. The molecule has 0 aromatic heterocycles. The molecule has 0 saturated heterocycles. The van der Waals surface area contributed by atoms with Gasteiger partial charge >= 0.3 is 0 Å². The van der Waals surface area contributed by atoms with Gasteiger partial charge in [-0.1, -0.05) is 6.92 Å². The van der Waals surface area contributed by atoms with Crippen LogP contribution >= 0.6 is 0 Å². The molecule has 0 bridgehead atoms. The summed E-state index contributed by atoms with van der Waals surface area (Å²) in [4.78, 5) is -0.0124. The summed E-state index contributed by atoms with van der Waals surface area (Å²) in [6.45, 7) is 1.52. The Morgan fingerprint density at radius 3 is 2.15 bits per heavy atom. The van der Waals surface area contributed by atoms with Crippen molar-refractivity contribution in [3.05, 3.63) is 17.7 Å². The Morgan fingerprint density at radius 2 is 1.75 bits per heavy atom. The van der Waals surface area contributed by atoms with Gasteiger partial charge in [0.1, 0.15) is 16.4 Å². The highest BCUT2D eigenvalue weighted by Crippen LogP contribution is 2.33. The first kappa shape index (κ1) is 16.7. The Hall–Kier alpha value is -1.35. The Labute approximate surface area is 117 Å². The fourth-order valence-electron chi connectivity index (χ4n) is 1.75. The Bertz CT molecular complexity index is 576. The third-order valence-corrected chi connectivity index (χ3v) is 4.48. The minimum absolute atomic E-state index is 0.0124. The van der Waals surface area contributed by atoms with E-state index in [1.807, 2.05) is 0 Å². The van der Waals surface area contributed by atoms with Crippen molar-refractivity contribution in [3.63, 3.8) is 0 Å². The topological polar surface area (TPSA) is 119 Å². The van der Waals surface area contributed by atoms with E-state index in [-0.39, 0.29) is 28.6 Å². The van der Waals surface area contributed by atoms with E-state index < -0.39 is 15.7 Å². The number of hydrogen-bond donors (Lipinski definition) is 3. The molecule has 0 aliphatic rings. The lowest BCUT2D eigenvalue weighted by Gasteiger charge is -2.19. The molecule has 0 fully saturated rings. The van der Waals surface area contributed by atoms with Crippen LogP contribution < -0.4 is 15.2 Å². The van der Waals surface area contributed by atoms with E-state index in [4.69, 9.17) is 15.2 Å². The van der Waals surface area contributed by atoms with Crippen LogP contribution in [0.5, 0.6) is 11.5 Å².